The molecule has 0 radical (unpaired) electrons. The van der Waals surface area contributed by atoms with E-state index in [0.717, 1.165) is 6.42 Å². The normalized spacial score (nSPS) is 16.2. The average molecular weight is 374 g/mol. The van der Waals surface area contributed by atoms with Crippen molar-refractivity contribution in [3.63, 3.8) is 0 Å². The van der Waals surface area contributed by atoms with E-state index < -0.39 is 0 Å². The zero-order chi connectivity index (χ0) is 18.0. The van der Waals surface area contributed by atoms with Gasteiger partial charge in [0.15, 0.2) is 0 Å². The van der Waals surface area contributed by atoms with Gasteiger partial charge in [0.1, 0.15) is 15.8 Å². The van der Waals surface area contributed by atoms with Crippen molar-refractivity contribution in [2.24, 2.45) is 0 Å². The van der Waals surface area contributed by atoms with Gasteiger partial charge in [0, 0.05) is 19.3 Å². The number of nitrogens with zero attached hydrogens (tertiary/aromatic N) is 3. The molecule has 0 aliphatic carbocycles. The molecule has 1 N–H and O–H groups in total. The van der Waals surface area contributed by atoms with Crippen LogP contribution in [0, 0.1) is 0 Å². The molecule has 3 heterocycles. The lowest BCUT2D eigenvalue weighted by Gasteiger charge is -2.12. The van der Waals surface area contributed by atoms with Crippen LogP contribution < -0.4 is 10.9 Å². The van der Waals surface area contributed by atoms with Crippen LogP contribution in [0.5, 0.6) is 0 Å². The molecular weight excluding hydrogens is 356 g/mol. The van der Waals surface area contributed by atoms with Crippen LogP contribution in [-0.2, 0) is 4.79 Å². The van der Waals surface area contributed by atoms with E-state index in [1.165, 1.54) is 16.2 Å². The molecule has 8 heteroatoms. The quantitative estimate of drug-likeness (QED) is 0.641. The Bertz CT molecular complexity index is 936. The zero-order valence-electron chi connectivity index (χ0n) is 14.0. The largest absolute Gasteiger partial charge is 0.370 e. The van der Waals surface area contributed by atoms with Gasteiger partial charge in [0.2, 0.25) is 0 Å². The van der Waals surface area contributed by atoms with Gasteiger partial charge in [-0.25, -0.2) is 4.98 Å². The van der Waals surface area contributed by atoms with Crippen molar-refractivity contribution in [2.75, 3.05) is 18.4 Å². The molecule has 130 valence electrons. The Morgan fingerprint density at radius 1 is 1.32 bits per heavy atom. The summed E-state index contributed by atoms with van der Waals surface area (Å²) in [6.45, 7) is 5.12. The molecule has 3 rings (SSSR count). The van der Waals surface area contributed by atoms with E-state index in [1.807, 2.05) is 19.9 Å². The molecule has 25 heavy (non-hydrogen) atoms. The number of anilines is 1. The van der Waals surface area contributed by atoms with Crippen LogP contribution >= 0.6 is 24.0 Å². The maximum atomic E-state index is 12.9. The summed E-state index contributed by atoms with van der Waals surface area (Å²) in [6, 6.07) is 5.37. The second-order valence-corrected chi connectivity index (χ2v) is 7.15. The first-order chi connectivity index (χ1) is 12.1. The van der Waals surface area contributed by atoms with Crippen LogP contribution in [0.2, 0.25) is 0 Å². The van der Waals surface area contributed by atoms with E-state index in [-0.39, 0.29) is 11.5 Å². The molecule has 0 bridgehead atoms. The number of aromatic nitrogens is 2. The highest BCUT2D eigenvalue weighted by Gasteiger charge is 2.31. The Morgan fingerprint density at radius 3 is 2.84 bits per heavy atom. The number of nitrogens with one attached hydrogen (secondary N) is 1. The molecule has 0 unspecified atom stereocenters. The van der Waals surface area contributed by atoms with Gasteiger partial charge in [-0.1, -0.05) is 37.0 Å². The molecule has 1 saturated heterocycles. The minimum Gasteiger partial charge on any atom is -0.370 e. The van der Waals surface area contributed by atoms with E-state index in [1.54, 1.807) is 29.3 Å². The molecule has 0 aromatic carbocycles. The van der Waals surface area contributed by atoms with E-state index in [9.17, 15) is 9.59 Å². The molecule has 0 spiro atoms. The summed E-state index contributed by atoms with van der Waals surface area (Å²) in [4.78, 5) is 32.0. The van der Waals surface area contributed by atoms with Gasteiger partial charge in [-0.3, -0.25) is 18.9 Å². The van der Waals surface area contributed by atoms with Crippen molar-refractivity contribution < 1.29 is 4.79 Å². The topological polar surface area (TPSA) is 66.7 Å². The van der Waals surface area contributed by atoms with Gasteiger partial charge < -0.3 is 5.32 Å². The number of fused-ring (bicyclic) bond motifs is 1. The van der Waals surface area contributed by atoms with E-state index in [4.69, 9.17) is 12.2 Å². The van der Waals surface area contributed by atoms with Crippen LogP contribution in [0.3, 0.4) is 0 Å². The minimum absolute atomic E-state index is 0.156. The number of hydrogen-bond acceptors (Lipinski definition) is 6. The highest BCUT2D eigenvalue weighted by molar-refractivity contribution is 8.26. The number of pyridine rings is 1. The number of rotatable bonds is 5. The lowest BCUT2D eigenvalue weighted by molar-refractivity contribution is -0.122. The monoisotopic (exact) mass is 374 g/mol. The highest BCUT2D eigenvalue weighted by atomic mass is 32.2. The molecule has 1 aliphatic rings. The van der Waals surface area contributed by atoms with E-state index in [0.29, 0.717) is 39.3 Å². The summed E-state index contributed by atoms with van der Waals surface area (Å²) in [6.07, 6.45) is 4.09. The van der Waals surface area contributed by atoms with Gasteiger partial charge in [-0.15, -0.1) is 0 Å². The number of thiocarbonyl (C=S) groups is 1. The Balaban J connectivity index is 2.13. The molecule has 1 fully saturated rings. The van der Waals surface area contributed by atoms with Crippen molar-refractivity contribution in [3.05, 3.63) is 45.2 Å². The van der Waals surface area contributed by atoms with Gasteiger partial charge in [-0.2, -0.15) is 0 Å². The predicted octanol–water partition coefficient (Wildman–Crippen LogP) is 2.74. The molecule has 2 aromatic rings. The lowest BCUT2D eigenvalue weighted by atomic mass is 10.2. The van der Waals surface area contributed by atoms with Crippen LogP contribution in [-0.4, -0.2) is 37.6 Å². The summed E-state index contributed by atoms with van der Waals surface area (Å²) in [5.74, 6) is 0.316. The zero-order valence-corrected chi connectivity index (χ0v) is 15.6. The number of carbonyl (C=O) groups excluding carboxylic acids is 1. The SMILES string of the molecule is CCCN1C(=O)/C(=C/c2c(NCC)nc3ccccn3c2=O)SC1=S. The van der Waals surface area contributed by atoms with Crippen LogP contribution in [0.4, 0.5) is 5.82 Å². The number of carbonyl (C=O) groups is 1. The van der Waals surface area contributed by atoms with Crippen molar-refractivity contribution in [3.8, 4) is 0 Å². The fourth-order valence-corrected chi connectivity index (χ4v) is 3.87. The second-order valence-electron chi connectivity index (χ2n) is 5.47. The molecular formula is C17H18N4O2S2. The van der Waals surface area contributed by atoms with Gasteiger partial charge in [-0.05, 0) is 31.6 Å². The summed E-state index contributed by atoms with van der Waals surface area (Å²) in [5, 5.41) is 3.11. The van der Waals surface area contributed by atoms with Crippen molar-refractivity contribution in [1.29, 1.82) is 0 Å². The fraction of sp³-hybridized carbons (Fsp3) is 0.294. The van der Waals surface area contributed by atoms with Crippen LogP contribution in [0.1, 0.15) is 25.8 Å². The third kappa shape index (κ3) is 3.32. The van der Waals surface area contributed by atoms with Crippen LogP contribution in [0.15, 0.2) is 34.1 Å². The summed E-state index contributed by atoms with van der Waals surface area (Å²) in [7, 11) is 0. The van der Waals surface area contributed by atoms with E-state index >= 15 is 0 Å². The molecule has 1 amide bonds. The fourth-order valence-electron chi connectivity index (χ4n) is 2.58. The number of hydrogen-bond donors (Lipinski definition) is 1. The van der Waals surface area contributed by atoms with Crippen molar-refractivity contribution >= 4 is 51.7 Å². The lowest BCUT2D eigenvalue weighted by Crippen LogP contribution is -2.28. The summed E-state index contributed by atoms with van der Waals surface area (Å²) >= 11 is 6.51. The maximum Gasteiger partial charge on any atom is 0.267 e. The maximum absolute atomic E-state index is 12.9. The first kappa shape index (κ1) is 17.6. The van der Waals surface area contributed by atoms with Crippen molar-refractivity contribution in [1.82, 2.24) is 14.3 Å². The minimum atomic E-state index is -0.220. The molecule has 6 nitrogen and oxygen atoms in total. The standard InChI is InChI=1S/C17H18N4O2S2/c1-3-8-21-16(23)12(25-17(21)24)10-11-14(18-4-2)19-13-7-5-6-9-20(13)15(11)22/h5-7,9-10,18H,3-4,8H2,1-2H3/b12-10-. The van der Waals surface area contributed by atoms with Crippen molar-refractivity contribution in [2.45, 2.75) is 20.3 Å². The average Bonchev–Trinajstić information content (AvgIpc) is 2.86. The highest BCUT2D eigenvalue weighted by Crippen LogP contribution is 2.33. The first-order valence-electron chi connectivity index (χ1n) is 8.07. The van der Waals surface area contributed by atoms with E-state index in [2.05, 4.69) is 10.3 Å². The third-order valence-corrected chi connectivity index (χ3v) is 5.09. The third-order valence-electron chi connectivity index (χ3n) is 3.71. The molecule has 1 aliphatic heterocycles. The smallest absolute Gasteiger partial charge is 0.267 e. The molecule has 0 atom stereocenters. The Kier molecular flexibility index (Phi) is 5.19. The van der Waals surface area contributed by atoms with Gasteiger partial charge in [0.25, 0.3) is 11.5 Å². The Morgan fingerprint density at radius 2 is 2.12 bits per heavy atom. The summed E-state index contributed by atoms with van der Waals surface area (Å²) in [5.41, 5.74) is 0.698. The second kappa shape index (κ2) is 7.37. The van der Waals surface area contributed by atoms with Crippen LogP contribution in [0.25, 0.3) is 11.7 Å². The molecule has 0 saturated carbocycles. The summed E-state index contributed by atoms with van der Waals surface area (Å²) < 4.78 is 2.00. The first-order valence-corrected chi connectivity index (χ1v) is 9.30. The number of amides is 1. The molecule has 2 aromatic heterocycles. The Labute approximate surface area is 154 Å². The number of thioether (sulfide) groups is 1. The predicted molar refractivity (Wildman–Crippen MR) is 106 cm³/mol. The van der Waals surface area contributed by atoms with Gasteiger partial charge in [0.05, 0.1) is 10.5 Å². The van der Waals surface area contributed by atoms with Gasteiger partial charge >= 0.3 is 0 Å². The Hall–Kier alpha value is -2.19.